The minimum absolute atomic E-state index is 0.391. The Morgan fingerprint density at radius 3 is 2.96 bits per heavy atom. The van der Waals surface area contributed by atoms with E-state index in [2.05, 4.69) is 28.3 Å². The van der Waals surface area contributed by atoms with Gasteiger partial charge in [0.1, 0.15) is 5.82 Å². The molecule has 2 heterocycles. The molecule has 1 fully saturated rings. The number of aryl methyl sites for hydroxylation is 2. The molecule has 2 aromatic heterocycles. The van der Waals surface area contributed by atoms with Gasteiger partial charge in [0.2, 0.25) is 0 Å². The average molecular weight is 360 g/mol. The van der Waals surface area contributed by atoms with Crippen LogP contribution in [0.1, 0.15) is 54.8 Å². The van der Waals surface area contributed by atoms with E-state index >= 15 is 0 Å². The number of nitrogens with zero attached hydrogens (tertiary/aromatic N) is 2. The van der Waals surface area contributed by atoms with Crippen LogP contribution >= 0.6 is 11.3 Å². The van der Waals surface area contributed by atoms with Crippen LogP contribution in [0.3, 0.4) is 0 Å². The van der Waals surface area contributed by atoms with Gasteiger partial charge in [0.05, 0.1) is 11.1 Å². The van der Waals surface area contributed by atoms with Gasteiger partial charge in [-0.25, -0.2) is 9.97 Å². The molecule has 2 aromatic rings. The number of unbranched alkanes of at least 4 members (excludes halogenated alkanes) is 2. The Morgan fingerprint density at radius 2 is 2.16 bits per heavy atom. The normalized spacial score (nSPS) is 20.2. The lowest BCUT2D eigenvalue weighted by Gasteiger charge is -2.20. The molecule has 0 bridgehead atoms. The van der Waals surface area contributed by atoms with Crippen LogP contribution in [0, 0.1) is 12.8 Å². The molecule has 5 heteroatoms. The smallest absolute Gasteiger partial charge is 0.123 e. The van der Waals surface area contributed by atoms with Crippen LogP contribution in [0.15, 0.2) is 23.7 Å². The van der Waals surface area contributed by atoms with Crippen molar-refractivity contribution in [2.24, 2.45) is 5.92 Å². The first-order valence-electron chi connectivity index (χ1n) is 9.44. The highest BCUT2D eigenvalue weighted by Crippen LogP contribution is 2.31. The fourth-order valence-electron chi connectivity index (χ4n) is 3.76. The summed E-state index contributed by atoms with van der Waals surface area (Å²) in [6, 6.07) is 4.09. The minimum atomic E-state index is 0.391. The Kier molecular flexibility index (Phi) is 6.82. The molecule has 4 nitrogen and oxygen atoms in total. The number of thiazole rings is 1. The molecule has 2 atom stereocenters. The zero-order chi connectivity index (χ0) is 17.5. The monoisotopic (exact) mass is 359 g/mol. The third-order valence-corrected chi connectivity index (χ3v) is 5.79. The molecule has 1 aliphatic rings. The van der Waals surface area contributed by atoms with E-state index < -0.39 is 0 Å². The van der Waals surface area contributed by atoms with Gasteiger partial charge >= 0.3 is 0 Å². The summed E-state index contributed by atoms with van der Waals surface area (Å²) >= 11 is 1.75. The Morgan fingerprint density at radius 1 is 1.24 bits per heavy atom. The summed E-state index contributed by atoms with van der Waals surface area (Å²) in [4.78, 5) is 8.83. The largest absolute Gasteiger partial charge is 0.384 e. The van der Waals surface area contributed by atoms with Gasteiger partial charge < -0.3 is 10.5 Å². The zero-order valence-corrected chi connectivity index (χ0v) is 15.9. The van der Waals surface area contributed by atoms with Crippen molar-refractivity contribution in [2.45, 2.75) is 64.4 Å². The van der Waals surface area contributed by atoms with Crippen LogP contribution in [0.5, 0.6) is 0 Å². The highest BCUT2D eigenvalue weighted by atomic mass is 32.1. The first kappa shape index (κ1) is 18.3. The summed E-state index contributed by atoms with van der Waals surface area (Å²) in [5, 5.41) is 3.30. The van der Waals surface area contributed by atoms with Crippen LogP contribution in [0.4, 0.5) is 5.82 Å². The number of nitrogen functional groups attached to an aromatic ring is 1. The van der Waals surface area contributed by atoms with Gasteiger partial charge in [-0.15, -0.1) is 11.3 Å². The zero-order valence-electron chi connectivity index (χ0n) is 15.1. The lowest BCUT2D eigenvalue weighted by Crippen LogP contribution is -2.21. The van der Waals surface area contributed by atoms with Crippen molar-refractivity contribution in [3.8, 4) is 0 Å². The van der Waals surface area contributed by atoms with E-state index in [4.69, 9.17) is 10.5 Å². The number of aromatic nitrogens is 2. The molecule has 25 heavy (non-hydrogen) atoms. The van der Waals surface area contributed by atoms with Crippen molar-refractivity contribution in [2.75, 3.05) is 12.3 Å². The second-order valence-corrected chi connectivity index (χ2v) is 8.08. The second-order valence-electron chi connectivity index (χ2n) is 7.10. The molecule has 0 spiro atoms. The van der Waals surface area contributed by atoms with Crippen LogP contribution < -0.4 is 5.73 Å². The average Bonchev–Trinajstić information content (AvgIpc) is 3.22. The molecular weight excluding hydrogens is 330 g/mol. The number of pyridine rings is 1. The molecule has 0 aliphatic heterocycles. The van der Waals surface area contributed by atoms with Crippen molar-refractivity contribution >= 4 is 17.2 Å². The van der Waals surface area contributed by atoms with Crippen LogP contribution in [0.2, 0.25) is 0 Å². The van der Waals surface area contributed by atoms with Crippen molar-refractivity contribution in [3.63, 3.8) is 0 Å². The van der Waals surface area contributed by atoms with Crippen LogP contribution in [-0.2, 0) is 17.6 Å². The van der Waals surface area contributed by atoms with Gasteiger partial charge in [0.25, 0.3) is 0 Å². The van der Waals surface area contributed by atoms with Gasteiger partial charge in [-0.2, -0.15) is 0 Å². The number of ether oxygens (including phenoxy) is 1. The van der Waals surface area contributed by atoms with Crippen molar-refractivity contribution in [3.05, 3.63) is 40.0 Å². The van der Waals surface area contributed by atoms with E-state index in [0.29, 0.717) is 17.8 Å². The molecule has 0 amide bonds. The fraction of sp³-hybridized carbons (Fsp3) is 0.600. The summed E-state index contributed by atoms with van der Waals surface area (Å²) in [6.07, 6.45) is 11.6. The Balaban J connectivity index is 1.36. The number of hydrogen-bond donors (Lipinski definition) is 1. The van der Waals surface area contributed by atoms with E-state index in [1.165, 1.54) is 42.7 Å². The molecule has 0 saturated heterocycles. The van der Waals surface area contributed by atoms with E-state index in [9.17, 15) is 0 Å². The lowest BCUT2D eigenvalue weighted by atomic mass is 9.98. The first-order chi connectivity index (χ1) is 12.2. The van der Waals surface area contributed by atoms with Crippen LogP contribution in [-0.4, -0.2) is 22.7 Å². The number of nitrogens with two attached hydrogens (primary N) is 1. The summed E-state index contributed by atoms with van der Waals surface area (Å²) in [6.45, 7) is 2.96. The summed E-state index contributed by atoms with van der Waals surface area (Å²) < 4.78 is 6.21. The Labute approximate surface area is 154 Å². The molecule has 2 N–H and O–H groups in total. The van der Waals surface area contributed by atoms with E-state index in [1.54, 1.807) is 11.3 Å². The predicted octanol–water partition coefficient (Wildman–Crippen LogP) is 4.57. The molecule has 1 saturated carbocycles. The maximum atomic E-state index is 6.21. The number of rotatable bonds is 9. The molecule has 1 aliphatic carbocycles. The quantitative estimate of drug-likeness (QED) is 0.666. The highest BCUT2D eigenvalue weighted by molar-refractivity contribution is 7.09. The SMILES string of the molecule is Cc1cc(N)nc(C[C@H]2CCC[C@H]2OCCCCCc2nccs2)c1. The molecule has 0 radical (unpaired) electrons. The van der Waals surface area contributed by atoms with Gasteiger partial charge in [-0.3, -0.25) is 0 Å². The number of anilines is 1. The first-order valence-corrected chi connectivity index (χ1v) is 10.3. The van der Waals surface area contributed by atoms with Crippen molar-refractivity contribution in [1.82, 2.24) is 9.97 Å². The maximum Gasteiger partial charge on any atom is 0.123 e. The van der Waals surface area contributed by atoms with Gasteiger partial charge in [-0.05, 0) is 69.1 Å². The van der Waals surface area contributed by atoms with Crippen molar-refractivity contribution in [1.29, 1.82) is 0 Å². The highest BCUT2D eigenvalue weighted by Gasteiger charge is 2.28. The predicted molar refractivity (Wildman–Crippen MR) is 104 cm³/mol. The maximum absolute atomic E-state index is 6.21. The third-order valence-electron chi connectivity index (χ3n) is 4.95. The fourth-order valence-corrected chi connectivity index (χ4v) is 4.43. The summed E-state index contributed by atoms with van der Waals surface area (Å²) in [7, 11) is 0. The second kappa shape index (κ2) is 9.30. The van der Waals surface area contributed by atoms with Gasteiger partial charge in [-0.1, -0.05) is 12.8 Å². The molecule has 0 aromatic carbocycles. The van der Waals surface area contributed by atoms with E-state index in [1.807, 2.05) is 12.3 Å². The Hall–Kier alpha value is -1.46. The van der Waals surface area contributed by atoms with Gasteiger partial charge in [0.15, 0.2) is 0 Å². The van der Waals surface area contributed by atoms with E-state index in [0.717, 1.165) is 31.6 Å². The molecular formula is C20H29N3OS. The Bertz CT molecular complexity index is 624. The van der Waals surface area contributed by atoms with Gasteiger partial charge in [0, 0.05) is 23.9 Å². The number of hydrogen-bond acceptors (Lipinski definition) is 5. The summed E-state index contributed by atoms with van der Waals surface area (Å²) in [5.74, 6) is 1.22. The topological polar surface area (TPSA) is 61.0 Å². The van der Waals surface area contributed by atoms with Crippen LogP contribution in [0.25, 0.3) is 0 Å². The van der Waals surface area contributed by atoms with Crippen molar-refractivity contribution < 1.29 is 4.74 Å². The third kappa shape index (κ3) is 5.79. The molecule has 136 valence electrons. The molecule has 0 unspecified atom stereocenters. The summed E-state index contributed by atoms with van der Waals surface area (Å²) in [5.41, 5.74) is 8.19. The molecule has 3 rings (SSSR count). The van der Waals surface area contributed by atoms with E-state index in [-0.39, 0.29) is 0 Å². The minimum Gasteiger partial charge on any atom is -0.384 e. The lowest BCUT2D eigenvalue weighted by molar-refractivity contribution is 0.0254. The standard InChI is InChI=1S/C20H29N3OS/c1-15-12-17(23-19(21)13-15)14-16-6-5-7-18(16)24-10-4-2-3-8-20-22-9-11-25-20/h9,11-13,16,18H,2-8,10,14H2,1H3,(H2,21,23)/t16-,18-/m1/s1.